The summed E-state index contributed by atoms with van der Waals surface area (Å²) in [5.74, 6) is 0.848. The van der Waals surface area contributed by atoms with Crippen LogP contribution >= 0.6 is 0 Å². The average molecular weight is 398 g/mol. The molecule has 0 N–H and O–H groups in total. The number of anilines is 1. The van der Waals surface area contributed by atoms with Crippen molar-refractivity contribution in [2.24, 2.45) is 10.9 Å². The Morgan fingerprint density at radius 3 is 2.38 bits per heavy atom. The number of hydrogen-bond donors (Lipinski definition) is 0. The highest BCUT2D eigenvalue weighted by atomic mass is 16.5. The summed E-state index contributed by atoms with van der Waals surface area (Å²) < 4.78 is 5.94. The molecule has 1 atom stereocenters. The van der Waals surface area contributed by atoms with Gasteiger partial charge in [0.25, 0.3) is 5.91 Å². The summed E-state index contributed by atoms with van der Waals surface area (Å²) in [4.78, 5) is 21.6. The third-order valence-electron chi connectivity index (χ3n) is 6.17. The van der Waals surface area contributed by atoms with Gasteiger partial charge in [-0.1, -0.05) is 31.4 Å². The lowest BCUT2D eigenvalue weighted by atomic mass is 9.85. The number of amides is 1. The quantitative estimate of drug-likeness (QED) is 0.603. The van der Waals surface area contributed by atoms with E-state index in [-0.39, 0.29) is 11.9 Å². The lowest BCUT2D eigenvalue weighted by Gasteiger charge is -2.25. The lowest BCUT2D eigenvalue weighted by Crippen LogP contribution is -2.31. The van der Waals surface area contributed by atoms with Gasteiger partial charge in [0, 0.05) is 25.3 Å². The number of ether oxygens (including phenoxy) is 1. The molecular weight excluding hydrogens is 362 g/mol. The van der Waals surface area contributed by atoms with Crippen LogP contribution in [0.5, 0.6) is 0 Å². The molecule has 1 aliphatic heterocycles. The van der Waals surface area contributed by atoms with Crippen LogP contribution in [-0.4, -0.2) is 42.5 Å². The van der Waals surface area contributed by atoms with Crippen molar-refractivity contribution in [2.75, 3.05) is 24.5 Å². The van der Waals surface area contributed by atoms with Gasteiger partial charge in [0.15, 0.2) is 5.76 Å². The second-order valence-corrected chi connectivity index (χ2v) is 7.97. The van der Waals surface area contributed by atoms with E-state index >= 15 is 0 Å². The number of nitrogens with zero attached hydrogens (tertiary/aromatic N) is 3. The predicted octanol–water partition coefficient (Wildman–Crippen LogP) is 5.08. The van der Waals surface area contributed by atoms with E-state index in [0.717, 1.165) is 18.7 Å². The molecule has 2 aliphatic rings. The fourth-order valence-electron chi connectivity index (χ4n) is 4.30. The topological polar surface area (TPSA) is 45.1 Å². The molecule has 29 heavy (non-hydrogen) atoms. The van der Waals surface area contributed by atoms with Crippen molar-refractivity contribution < 1.29 is 9.53 Å². The van der Waals surface area contributed by atoms with Crippen molar-refractivity contribution in [2.45, 2.75) is 65.8 Å². The lowest BCUT2D eigenvalue weighted by molar-refractivity contribution is -0.122. The maximum atomic E-state index is 12.8. The summed E-state index contributed by atoms with van der Waals surface area (Å²) in [6.45, 7) is 10.9. The molecule has 0 radical (unpaired) electrons. The van der Waals surface area contributed by atoms with Crippen molar-refractivity contribution >= 4 is 23.7 Å². The normalized spacial score (nSPS) is 21.7. The molecule has 0 aromatic heterocycles. The summed E-state index contributed by atoms with van der Waals surface area (Å²) in [7, 11) is 0. The summed E-state index contributed by atoms with van der Waals surface area (Å²) >= 11 is 0. The van der Waals surface area contributed by atoms with Gasteiger partial charge in [-0.25, -0.2) is 4.99 Å². The number of hydrogen-bond acceptors (Lipinski definition) is 4. The number of benzene rings is 1. The molecule has 1 aliphatic carbocycles. The highest BCUT2D eigenvalue weighted by Crippen LogP contribution is 2.29. The first-order valence-electron chi connectivity index (χ1n) is 11.2. The minimum atomic E-state index is -0.102. The van der Waals surface area contributed by atoms with Crippen LogP contribution in [0.15, 0.2) is 35.0 Å². The van der Waals surface area contributed by atoms with Gasteiger partial charge in [-0.05, 0) is 70.2 Å². The predicted molar refractivity (Wildman–Crippen MR) is 120 cm³/mol. The minimum absolute atomic E-state index is 0.102. The molecule has 1 saturated carbocycles. The number of carbonyl (C=O) groups is 1. The third-order valence-corrected chi connectivity index (χ3v) is 6.17. The Kier molecular flexibility index (Phi) is 7.34. The van der Waals surface area contributed by atoms with E-state index < -0.39 is 0 Å². The second-order valence-electron chi connectivity index (χ2n) is 7.97. The number of amidine groups is 1. The molecule has 1 saturated heterocycles. The molecule has 1 aromatic carbocycles. The molecule has 1 heterocycles. The van der Waals surface area contributed by atoms with Gasteiger partial charge in [0.2, 0.25) is 0 Å². The molecule has 5 heteroatoms. The standard InChI is InChI=1S/C24H35N3O2/c1-5-26(6-2)21-15-13-19(14-16-21)17-22-23(28)27(7-3)24(29-22)25-18(4)20-11-9-8-10-12-20/h13-18,20H,5-12H2,1-4H3. The van der Waals surface area contributed by atoms with Gasteiger partial charge in [0.05, 0.1) is 6.04 Å². The molecule has 2 fully saturated rings. The summed E-state index contributed by atoms with van der Waals surface area (Å²) in [5, 5.41) is 0. The van der Waals surface area contributed by atoms with Crippen LogP contribution in [0, 0.1) is 5.92 Å². The molecule has 3 rings (SSSR count). The van der Waals surface area contributed by atoms with Crippen LogP contribution < -0.4 is 4.90 Å². The van der Waals surface area contributed by atoms with Crippen molar-refractivity contribution in [3.63, 3.8) is 0 Å². The Morgan fingerprint density at radius 1 is 1.14 bits per heavy atom. The molecule has 0 spiro atoms. The Balaban J connectivity index is 1.76. The van der Waals surface area contributed by atoms with E-state index in [1.165, 1.54) is 37.8 Å². The maximum absolute atomic E-state index is 12.8. The zero-order chi connectivity index (χ0) is 20.8. The summed E-state index contributed by atoms with van der Waals surface area (Å²) in [6.07, 6.45) is 8.16. The van der Waals surface area contributed by atoms with Gasteiger partial charge in [0.1, 0.15) is 0 Å². The smallest absolute Gasteiger partial charge is 0.300 e. The zero-order valence-electron chi connectivity index (χ0n) is 18.4. The first kappa shape index (κ1) is 21.4. The van der Waals surface area contributed by atoms with Gasteiger partial charge < -0.3 is 9.64 Å². The van der Waals surface area contributed by atoms with Crippen LogP contribution in [0.1, 0.15) is 65.4 Å². The SMILES string of the molecule is CCN1C(=O)C(=Cc2ccc(N(CC)CC)cc2)OC1=NC(C)C1CCCCC1. The Labute approximate surface area is 175 Å². The van der Waals surface area contributed by atoms with Gasteiger partial charge in [-0.2, -0.15) is 0 Å². The number of likely N-dealkylation sites (N-methyl/N-ethyl adjacent to an activating group) is 1. The van der Waals surface area contributed by atoms with E-state index in [1.807, 2.05) is 25.1 Å². The highest BCUT2D eigenvalue weighted by Gasteiger charge is 2.34. The van der Waals surface area contributed by atoms with Crippen LogP contribution in [0.2, 0.25) is 0 Å². The highest BCUT2D eigenvalue weighted by molar-refractivity contribution is 6.11. The number of rotatable bonds is 7. The van der Waals surface area contributed by atoms with E-state index in [1.54, 1.807) is 4.90 Å². The van der Waals surface area contributed by atoms with Crippen molar-refractivity contribution in [1.29, 1.82) is 0 Å². The minimum Gasteiger partial charge on any atom is -0.420 e. The first-order chi connectivity index (χ1) is 14.1. The van der Waals surface area contributed by atoms with E-state index in [4.69, 9.17) is 9.73 Å². The molecule has 1 unspecified atom stereocenters. The van der Waals surface area contributed by atoms with Crippen LogP contribution in [-0.2, 0) is 9.53 Å². The molecular formula is C24H35N3O2. The fraction of sp³-hybridized carbons (Fsp3) is 0.583. The van der Waals surface area contributed by atoms with Gasteiger partial charge in [-0.3, -0.25) is 9.69 Å². The van der Waals surface area contributed by atoms with Crippen LogP contribution in [0.3, 0.4) is 0 Å². The van der Waals surface area contributed by atoms with Gasteiger partial charge in [-0.15, -0.1) is 0 Å². The van der Waals surface area contributed by atoms with E-state index in [0.29, 0.717) is 24.2 Å². The largest absolute Gasteiger partial charge is 0.420 e. The summed E-state index contributed by atoms with van der Waals surface area (Å²) in [5.41, 5.74) is 2.15. The molecule has 5 nitrogen and oxygen atoms in total. The molecule has 1 aromatic rings. The Hall–Kier alpha value is -2.30. The Morgan fingerprint density at radius 2 is 1.79 bits per heavy atom. The van der Waals surface area contributed by atoms with Crippen LogP contribution in [0.25, 0.3) is 6.08 Å². The second kappa shape index (κ2) is 9.95. The van der Waals surface area contributed by atoms with Crippen molar-refractivity contribution in [3.05, 3.63) is 35.6 Å². The van der Waals surface area contributed by atoms with Crippen molar-refractivity contribution in [3.8, 4) is 0 Å². The number of aliphatic imine (C=N–C) groups is 1. The number of carbonyl (C=O) groups excluding carboxylic acids is 1. The molecule has 0 bridgehead atoms. The molecule has 1 amide bonds. The maximum Gasteiger partial charge on any atom is 0.300 e. The monoisotopic (exact) mass is 397 g/mol. The Bertz CT molecular complexity index is 744. The van der Waals surface area contributed by atoms with E-state index in [2.05, 4.69) is 37.8 Å². The average Bonchev–Trinajstić information content (AvgIpc) is 3.04. The zero-order valence-corrected chi connectivity index (χ0v) is 18.4. The van der Waals surface area contributed by atoms with Gasteiger partial charge >= 0.3 is 6.02 Å². The van der Waals surface area contributed by atoms with Crippen molar-refractivity contribution in [1.82, 2.24) is 4.90 Å². The fourth-order valence-corrected chi connectivity index (χ4v) is 4.30. The van der Waals surface area contributed by atoms with Crippen LogP contribution in [0.4, 0.5) is 5.69 Å². The third kappa shape index (κ3) is 5.01. The summed E-state index contributed by atoms with van der Waals surface area (Å²) in [6, 6.07) is 8.90. The molecule has 158 valence electrons. The van der Waals surface area contributed by atoms with E-state index in [9.17, 15) is 4.79 Å². The first-order valence-corrected chi connectivity index (χ1v) is 11.2.